The fourth-order valence-electron chi connectivity index (χ4n) is 0.543. The number of carbonyl (C=O) groups excluding carboxylic acids is 2. The van der Waals surface area contributed by atoms with Crippen LogP contribution in [0, 0.1) is 0 Å². The van der Waals surface area contributed by atoms with E-state index >= 15 is 0 Å². The average molecular weight is 143 g/mol. The highest BCUT2D eigenvalue weighted by molar-refractivity contribution is 5.77. The topological polar surface area (TPSA) is 46.2 Å². The summed E-state index contributed by atoms with van der Waals surface area (Å²) in [7, 11) is 0. The van der Waals surface area contributed by atoms with Crippen LogP contribution in [-0.4, -0.2) is 18.7 Å². The molecule has 0 aliphatic rings. The summed E-state index contributed by atoms with van der Waals surface area (Å²) < 4.78 is 0. The number of rotatable bonds is 5. The molecule has 0 unspecified atom stereocenters. The second-order valence-corrected chi connectivity index (χ2v) is 2.06. The van der Waals surface area contributed by atoms with Crippen molar-refractivity contribution in [3.63, 3.8) is 0 Å². The van der Waals surface area contributed by atoms with E-state index in [9.17, 15) is 9.59 Å². The Balaban J connectivity index is 3.16. The lowest BCUT2D eigenvalue weighted by Crippen LogP contribution is -2.23. The number of nitrogens with one attached hydrogen (secondary N) is 1. The van der Waals surface area contributed by atoms with Gasteiger partial charge in [-0.1, -0.05) is 6.92 Å². The van der Waals surface area contributed by atoms with Gasteiger partial charge in [0, 0.05) is 19.4 Å². The van der Waals surface area contributed by atoms with Crippen molar-refractivity contribution < 1.29 is 9.59 Å². The first-order valence-electron chi connectivity index (χ1n) is 3.51. The lowest BCUT2D eigenvalue weighted by Gasteiger charge is -1.98. The lowest BCUT2D eigenvalue weighted by atomic mass is 10.3. The predicted molar refractivity (Wildman–Crippen MR) is 38.6 cm³/mol. The average Bonchev–Trinajstić information content (AvgIpc) is 1.97. The molecule has 0 rings (SSSR count). The summed E-state index contributed by atoms with van der Waals surface area (Å²) in [6.07, 6.45) is 2.34. The molecular formula is C7H13NO2. The fourth-order valence-corrected chi connectivity index (χ4v) is 0.543. The van der Waals surface area contributed by atoms with Crippen LogP contribution < -0.4 is 5.32 Å². The minimum absolute atomic E-state index is 0.0334. The second-order valence-electron chi connectivity index (χ2n) is 2.06. The minimum Gasteiger partial charge on any atom is -0.356 e. The number of hydrogen-bond donors (Lipinski definition) is 1. The van der Waals surface area contributed by atoms with Crippen molar-refractivity contribution in [1.82, 2.24) is 5.32 Å². The zero-order valence-corrected chi connectivity index (χ0v) is 6.22. The van der Waals surface area contributed by atoms with Gasteiger partial charge in [0.05, 0.1) is 0 Å². The van der Waals surface area contributed by atoms with Gasteiger partial charge in [0.2, 0.25) is 5.91 Å². The smallest absolute Gasteiger partial charge is 0.220 e. The molecule has 0 saturated carbocycles. The first-order chi connectivity index (χ1) is 4.81. The van der Waals surface area contributed by atoms with Gasteiger partial charge in [-0.15, -0.1) is 0 Å². The third kappa shape index (κ3) is 5.28. The Bertz CT molecular complexity index is 112. The van der Waals surface area contributed by atoms with Crippen molar-refractivity contribution in [1.29, 1.82) is 0 Å². The first kappa shape index (κ1) is 9.14. The number of amides is 1. The zero-order valence-electron chi connectivity index (χ0n) is 6.22. The summed E-state index contributed by atoms with van der Waals surface area (Å²) in [5.74, 6) is -0.0334. The summed E-state index contributed by atoms with van der Waals surface area (Å²) in [5, 5.41) is 2.67. The third-order valence-corrected chi connectivity index (χ3v) is 1.06. The van der Waals surface area contributed by atoms with E-state index in [1.165, 1.54) is 0 Å². The van der Waals surface area contributed by atoms with E-state index in [0.29, 0.717) is 19.4 Å². The van der Waals surface area contributed by atoms with Crippen molar-refractivity contribution in [2.24, 2.45) is 0 Å². The van der Waals surface area contributed by atoms with Crippen LogP contribution in [0.3, 0.4) is 0 Å². The molecule has 1 N–H and O–H groups in total. The quantitative estimate of drug-likeness (QED) is 0.569. The predicted octanol–water partition coefficient (Wildman–Crippen LogP) is 0.492. The van der Waals surface area contributed by atoms with Gasteiger partial charge in [0.1, 0.15) is 6.29 Å². The summed E-state index contributed by atoms with van der Waals surface area (Å²) >= 11 is 0. The highest BCUT2D eigenvalue weighted by Gasteiger charge is 1.96. The molecule has 0 saturated heterocycles. The zero-order chi connectivity index (χ0) is 7.82. The Morgan fingerprint density at radius 3 is 2.80 bits per heavy atom. The molecule has 0 radical (unpaired) electrons. The molecule has 3 heteroatoms. The fraction of sp³-hybridized carbons (Fsp3) is 0.714. The minimum atomic E-state index is -0.0334. The maximum atomic E-state index is 10.7. The highest BCUT2D eigenvalue weighted by Crippen LogP contribution is 1.83. The van der Waals surface area contributed by atoms with Gasteiger partial charge in [-0.2, -0.15) is 0 Å². The molecule has 0 aromatic rings. The SMILES string of the molecule is CCCNC(=O)CCC=O. The van der Waals surface area contributed by atoms with Gasteiger partial charge in [0.15, 0.2) is 0 Å². The molecule has 0 atom stereocenters. The van der Waals surface area contributed by atoms with Crippen LogP contribution in [0.25, 0.3) is 0 Å². The first-order valence-corrected chi connectivity index (χ1v) is 3.51. The third-order valence-electron chi connectivity index (χ3n) is 1.06. The van der Waals surface area contributed by atoms with E-state index in [4.69, 9.17) is 0 Å². The number of carbonyl (C=O) groups is 2. The molecule has 0 spiro atoms. The van der Waals surface area contributed by atoms with Crippen LogP contribution in [-0.2, 0) is 9.59 Å². The monoisotopic (exact) mass is 143 g/mol. The largest absolute Gasteiger partial charge is 0.356 e. The molecule has 3 nitrogen and oxygen atoms in total. The molecule has 0 aliphatic carbocycles. The van der Waals surface area contributed by atoms with Gasteiger partial charge in [-0.3, -0.25) is 4.79 Å². The van der Waals surface area contributed by atoms with E-state index in [2.05, 4.69) is 5.32 Å². The van der Waals surface area contributed by atoms with E-state index in [0.717, 1.165) is 12.7 Å². The van der Waals surface area contributed by atoms with Gasteiger partial charge < -0.3 is 10.1 Å². The molecule has 0 aromatic heterocycles. The van der Waals surface area contributed by atoms with Crippen molar-refractivity contribution in [3.8, 4) is 0 Å². The van der Waals surface area contributed by atoms with E-state index in [1.807, 2.05) is 6.92 Å². The summed E-state index contributed by atoms with van der Waals surface area (Å²) in [4.78, 5) is 20.5. The van der Waals surface area contributed by atoms with Gasteiger partial charge in [-0.05, 0) is 6.42 Å². The van der Waals surface area contributed by atoms with E-state index < -0.39 is 0 Å². The van der Waals surface area contributed by atoms with Crippen molar-refractivity contribution in [2.75, 3.05) is 6.54 Å². The maximum Gasteiger partial charge on any atom is 0.220 e. The molecule has 1 amide bonds. The van der Waals surface area contributed by atoms with Crippen molar-refractivity contribution >= 4 is 12.2 Å². The Hall–Kier alpha value is -0.860. The summed E-state index contributed by atoms with van der Waals surface area (Å²) in [5.41, 5.74) is 0. The maximum absolute atomic E-state index is 10.7. The Morgan fingerprint density at radius 1 is 1.60 bits per heavy atom. The van der Waals surface area contributed by atoms with Crippen LogP contribution in [0.2, 0.25) is 0 Å². The normalized spacial score (nSPS) is 8.90. The Labute approximate surface area is 60.8 Å². The van der Waals surface area contributed by atoms with Crippen LogP contribution in [0.15, 0.2) is 0 Å². The summed E-state index contributed by atoms with van der Waals surface area (Å²) in [6.45, 7) is 2.69. The van der Waals surface area contributed by atoms with Crippen LogP contribution >= 0.6 is 0 Å². The van der Waals surface area contributed by atoms with Gasteiger partial charge >= 0.3 is 0 Å². The van der Waals surface area contributed by atoms with E-state index in [1.54, 1.807) is 0 Å². The van der Waals surface area contributed by atoms with Crippen LogP contribution in [0.4, 0.5) is 0 Å². The van der Waals surface area contributed by atoms with Gasteiger partial charge in [0.25, 0.3) is 0 Å². The second kappa shape index (κ2) is 6.26. The molecule has 0 heterocycles. The van der Waals surface area contributed by atoms with Crippen LogP contribution in [0.1, 0.15) is 26.2 Å². The molecule has 0 aliphatic heterocycles. The molecule has 0 bridgehead atoms. The molecule has 0 aromatic carbocycles. The Kier molecular flexibility index (Phi) is 5.72. The van der Waals surface area contributed by atoms with Crippen molar-refractivity contribution in [3.05, 3.63) is 0 Å². The van der Waals surface area contributed by atoms with Crippen LogP contribution in [0.5, 0.6) is 0 Å². The molecular weight excluding hydrogens is 130 g/mol. The standard InChI is InChI=1S/C7H13NO2/c1-2-5-8-7(10)4-3-6-9/h6H,2-5H2,1H3,(H,8,10). The number of aldehydes is 1. The van der Waals surface area contributed by atoms with Crippen molar-refractivity contribution in [2.45, 2.75) is 26.2 Å². The lowest BCUT2D eigenvalue weighted by molar-refractivity contribution is -0.122. The molecule has 0 fully saturated rings. The summed E-state index contributed by atoms with van der Waals surface area (Å²) in [6, 6.07) is 0. The van der Waals surface area contributed by atoms with E-state index in [-0.39, 0.29) is 5.91 Å². The molecule has 10 heavy (non-hydrogen) atoms. The number of hydrogen-bond acceptors (Lipinski definition) is 2. The highest BCUT2D eigenvalue weighted by atomic mass is 16.1. The Morgan fingerprint density at radius 2 is 2.30 bits per heavy atom. The molecule has 58 valence electrons. The van der Waals surface area contributed by atoms with Gasteiger partial charge in [-0.25, -0.2) is 0 Å².